The number of benzene rings is 1. The summed E-state index contributed by atoms with van der Waals surface area (Å²) in [5.41, 5.74) is 7.44. The first-order valence-corrected chi connectivity index (χ1v) is 6.10. The largest absolute Gasteiger partial charge is 0.339 e. The van der Waals surface area contributed by atoms with Crippen molar-refractivity contribution in [1.29, 1.82) is 0 Å². The molecule has 0 saturated carbocycles. The van der Waals surface area contributed by atoms with E-state index < -0.39 is 0 Å². The van der Waals surface area contributed by atoms with Crippen LogP contribution in [-0.2, 0) is 4.79 Å². The lowest BCUT2D eigenvalue weighted by molar-refractivity contribution is -0.117. The van der Waals surface area contributed by atoms with E-state index in [2.05, 4.69) is 10.1 Å². The first kappa shape index (κ1) is 11.9. The lowest BCUT2D eigenvalue weighted by atomic mass is 10.2. The van der Waals surface area contributed by atoms with E-state index in [0.29, 0.717) is 24.7 Å². The van der Waals surface area contributed by atoms with E-state index in [1.807, 2.05) is 24.3 Å². The van der Waals surface area contributed by atoms with E-state index in [4.69, 9.17) is 10.3 Å². The Bertz CT molecular complexity index is 623. The molecule has 98 valence electrons. The second kappa shape index (κ2) is 4.47. The van der Waals surface area contributed by atoms with Crippen LogP contribution in [0, 0.1) is 6.92 Å². The van der Waals surface area contributed by atoms with Crippen LogP contribution in [-0.4, -0.2) is 28.6 Å². The first-order valence-electron chi connectivity index (χ1n) is 6.10. The standard InChI is InChI=1S/C13H14N4O2/c1-8-15-13(16-19-8)9-3-2-4-11(5-9)17-7-10(14)6-12(17)18/h2-5,10H,6-7,14H2,1H3. The van der Waals surface area contributed by atoms with Crippen molar-refractivity contribution in [3.63, 3.8) is 0 Å². The molecule has 6 nitrogen and oxygen atoms in total. The number of aryl methyl sites for hydroxylation is 1. The van der Waals surface area contributed by atoms with Crippen molar-refractivity contribution < 1.29 is 9.32 Å². The predicted molar refractivity (Wildman–Crippen MR) is 69.4 cm³/mol. The number of hydrogen-bond donors (Lipinski definition) is 1. The van der Waals surface area contributed by atoms with Crippen molar-refractivity contribution in [1.82, 2.24) is 10.1 Å². The van der Waals surface area contributed by atoms with Gasteiger partial charge in [0.15, 0.2) is 0 Å². The van der Waals surface area contributed by atoms with Crippen LogP contribution in [0.5, 0.6) is 0 Å². The molecule has 1 saturated heterocycles. The minimum Gasteiger partial charge on any atom is -0.339 e. The Kier molecular flexibility index (Phi) is 2.79. The molecule has 3 rings (SSSR count). The zero-order valence-electron chi connectivity index (χ0n) is 10.5. The van der Waals surface area contributed by atoms with Crippen LogP contribution < -0.4 is 10.6 Å². The van der Waals surface area contributed by atoms with Gasteiger partial charge in [-0.1, -0.05) is 17.3 Å². The van der Waals surface area contributed by atoms with Crippen LogP contribution in [0.2, 0.25) is 0 Å². The molecule has 2 aromatic rings. The number of nitrogens with two attached hydrogens (primary N) is 1. The highest BCUT2D eigenvalue weighted by Gasteiger charge is 2.28. The molecular weight excluding hydrogens is 244 g/mol. The molecule has 2 N–H and O–H groups in total. The SMILES string of the molecule is Cc1nc(-c2cccc(N3CC(N)CC3=O)c2)no1. The van der Waals surface area contributed by atoms with E-state index in [1.54, 1.807) is 11.8 Å². The summed E-state index contributed by atoms with van der Waals surface area (Å²) in [6, 6.07) is 7.41. The quantitative estimate of drug-likeness (QED) is 0.872. The summed E-state index contributed by atoms with van der Waals surface area (Å²) < 4.78 is 4.96. The second-order valence-electron chi connectivity index (χ2n) is 4.66. The number of aromatic nitrogens is 2. The topological polar surface area (TPSA) is 85.3 Å². The van der Waals surface area contributed by atoms with Gasteiger partial charge in [-0.25, -0.2) is 0 Å². The summed E-state index contributed by atoms with van der Waals surface area (Å²) in [5.74, 6) is 1.09. The third-order valence-corrected chi connectivity index (χ3v) is 3.10. The third kappa shape index (κ3) is 2.22. The van der Waals surface area contributed by atoms with Crippen LogP contribution in [0.15, 0.2) is 28.8 Å². The Morgan fingerprint density at radius 2 is 2.32 bits per heavy atom. The van der Waals surface area contributed by atoms with Crippen LogP contribution >= 0.6 is 0 Å². The number of amides is 1. The average Bonchev–Trinajstić information content (AvgIpc) is 2.96. The van der Waals surface area contributed by atoms with E-state index >= 15 is 0 Å². The Morgan fingerprint density at radius 1 is 1.47 bits per heavy atom. The van der Waals surface area contributed by atoms with Gasteiger partial charge >= 0.3 is 0 Å². The zero-order valence-corrected chi connectivity index (χ0v) is 10.5. The number of hydrogen-bond acceptors (Lipinski definition) is 5. The maximum absolute atomic E-state index is 11.8. The molecule has 1 fully saturated rings. The number of rotatable bonds is 2. The zero-order chi connectivity index (χ0) is 13.4. The molecule has 0 aliphatic carbocycles. The number of carbonyl (C=O) groups excluding carboxylic acids is 1. The molecule has 1 aromatic carbocycles. The van der Waals surface area contributed by atoms with E-state index in [9.17, 15) is 4.79 Å². The summed E-state index contributed by atoms with van der Waals surface area (Å²) >= 11 is 0. The summed E-state index contributed by atoms with van der Waals surface area (Å²) in [5, 5.41) is 3.87. The van der Waals surface area contributed by atoms with Crippen molar-refractivity contribution in [2.24, 2.45) is 5.73 Å². The molecule has 1 aromatic heterocycles. The summed E-state index contributed by atoms with van der Waals surface area (Å²) in [7, 11) is 0. The summed E-state index contributed by atoms with van der Waals surface area (Å²) in [6.07, 6.45) is 0.394. The van der Waals surface area contributed by atoms with Crippen LogP contribution in [0.4, 0.5) is 5.69 Å². The van der Waals surface area contributed by atoms with Gasteiger partial charge in [-0.15, -0.1) is 0 Å². The summed E-state index contributed by atoms with van der Waals surface area (Å²) in [4.78, 5) is 17.7. The van der Waals surface area contributed by atoms with Crippen LogP contribution in [0.3, 0.4) is 0 Å². The fourth-order valence-corrected chi connectivity index (χ4v) is 2.21. The molecule has 1 atom stereocenters. The minimum atomic E-state index is -0.0939. The van der Waals surface area contributed by atoms with Gasteiger partial charge < -0.3 is 15.2 Å². The fourth-order valence-electron chi connectivity index (χ4n) is 2.21. The maximum atomic E-state index is 11.8. The van der Waals surface area contributed by atoms with Gasteiger partial charge in [0.2, 0.25) is 17.6 Å². The van der Waals surface area contributed by atoms with Crippen molar-refractivity contribution >= 4 is 11.6 Å². The molecular formula is C13H14N4O2. The van der Waals surface area contributed by atoms with Crippen molar-refractivity contribution in [3.05, 3.63) is 30.2 Å². The number of anilines is 1. The molecule has 1 unspecified atom stereocenters. The minimum absolute atomic E-state index is 0.0499. The van der Waals surface area contributed by atoms with Gasteiger partial charge in [0, 0.05) is 37.2 Å². The highest BCUT2D eigenvalue weighted by atomic mass is 16.5. The fraction of sp³-hybridized carbons (Fsp3) is 0.308. The molecule has 19 heavy (non-hydrogen) atoms. The summed E-state index contributed by atoms with van der Waals surface area (Å²) in [6.45, 7) is 2.29. The van der Waals surface area contributed by atoms with Gasteiger partial charge in [0.25, 0.3) is 0 Å². The molecule has 0 spiro atoms. The molecule has 1 amide bonds. The number of nitrogens with zero attached hydrogens (tertiary/aromatic N) is 3. The highest BCUT2D eigenvalue weighted by Crippen LogP contribution is 2.25. The lowest BCUT2D eigenvalue weighted by Gasteiger charge is -2.16. The Balaban J connectivity index is 1.94. The van der Waals surface area contributed by atoms with Crippen molar-refractivity contribution in [2.75, 3.05) is 11.4 Å². The van der Waals surface area contributed by atoms with Gasteiger partial charge in [-0.2, -0.15) is 4.98 Å². The Morgan fingerprint density at radius 3 is 2.95 bits per heavy atom. The smallest absolute Gasteiger partial charge is 0.228 e. The molecule has 0 radical (unpaired) electrons. The molecule has 2 heterocycles. The third-order valence-electron chi connectivity index (χ3n) is 3.10. The van der Waals surface area contributed by atoms with E-state index in [-0.39, 0.29) is 11.9 Å². The normalized spacial score (nSPS) is 19.2. The second-order valence-corrected chi connectivity index (χ2v) is 4.66. The van der Waals surface area contributed by atoms with Gasteiger partial charge in [0.05, 0.1) is 0 Å². The Labute approximate surface area is 110 Å². The molecule has 6 heteroatoms. The van der Waals surface area contributed by atoms with Gasteiger partial charge in [-0.3, -0.25) is 4.79 Å². The van der Waals surface area contributed by atoms with E-state index in [1.165, 1.54) is 0 Å². The van der Waals surface area contributed by atoms with E-state index in [0.717, 1.165) is 11.3 Å². The lowest BCUT2D eigenvalue weighted by Crippen LogP contribution is -2.27. The van der Waals surface area contributed by atoms with Crippen molar-refractivity contribution in [3.8, 4) is 11.4 Å². The first-order chi connectivity index (χ1) is 9.13. The van der Waals surface area contributed by atoms with Gasteiger partial charge in [-0.05, 0) is 12.1 Å². The Hall–Kier alpha value is -2.21. The molecule has 1 aliphatic rings. The maximum Gasteiger partial charge on any atom is 0.228 e. The van der Waals surface area contributed by atoms with Gasteiger partial charge in [0.1, 0.15) is 0 Å². The molecule has 0 bridgehead atoms. The number of carbonyl (C=O) groups is 1. The highest BCUT2D eigenvalue weighted by molar-refractivity contribution is 5.96. The monoisotopic (exact) mass is 258 g/mol. The van der Waals surface area contributed by atoms with Crippen LogP contribution in [0.1, 0.15) is 12.3 Å². The van der Waals surface area contributed by atoms with Crippen molar-refractivity contribution in [2.45, 2.75) is 19.4 Å². The van der Waals surface area contributed by atoms with Crippen LogP contribution in [0.25, 0.3) is 11.4 Å². The predicted octanol–water partition coefficient (Wildman–Crippen LogP) is 1.11. The molecule has 1 aliphatic heterocycles. The average molecular weight is 258 g/mol.